The third-order valence-electron chi connectivity index (χ3n) is 4.84. The van der Waals surface area contributed by atoms with E-state index in [9.17, 15) is 18.8 Å². The van der Waals surface area contributed by atoms with Crippen molar-refractivity contribution in [1.82, 2.24) is 10.2 Å². The lowest BCUT2D eigenvalue weighted by Crippen LogP contribution is -2.28. The van der Waals surface area contributed by atoms with Gasteiger partial charge in [-0.3, -0.25) is 19.6 Å². The van der Waals surface area contributed by atoms with E-state index in [0.29, 0.717) is 16.8 Å². The van der Waals surface area contributed by atoms with Gasteiger partial charge in [0.15, 0.2) is 5.82 Å². The van der Waals surface area contributed by atoms with Crippen LogP contribution < -0.4 is 10.2 Å². The molecule has 0 aliphatic carbocycles. The van der Waals surface area contributed by atoms with Gasteiger partial charge in [-0.1, -0.05) is 6.07 Å². The minimum Gasteiger partial charge on any atom is -0.465 e. The van der Waals surface area contributed by atoms with Crippen LogP contribution >= 0.6 is 0 Å². The van der Waals surface area contributed by atoms with E-state index in [1.807, 2.05) is 0 Å². The second-order valence-corrected chi connectivity index (χ2v) is 6.67. The summed E-state index contributed by atoms with van der Waals surface area (Å²) < 4.78 is 18.8. The molecule has 1 unspecified atom stereocenters. The number of carbonyl (C=O) groups is 3. The summed E-state index contributed by atoms with van der Waals surface area (Å²) in [6, 6.07) is 10.7. The van der Waals surface area contributed by atoms with Crippen molar-refractivity contribution < 1.29 is 23.5 Å². The largest absolute Gasteiger partial charge is 0.465 e. The van der Waals surface area contributed by atoms with Gasteiger partial charge in [0, 0.05) is 18.7 Å². The molecule has 2 amide bonds. The first-order valence-electron chi connectivity index (χ1n) is 8.90. The van der Waals surface area contributed by atoms with Crippen molar-refractivity contribution in [3.8, 4) is 0 Å². The molecule has 9 heteroatoms. The lowest BCUT2D eigenvalue weighted by atomic mass is 10.1. The van der Waals surface area contributed by atoms with Crippen LogP contribution in [0.5, 0.6) is 0 Å². The first kappa shape index (κ1) is 18.6. The van der Waals surface area contributed by atoms with E-state index in [2.05, 4.69) is 20.3 Å². The molecular weight excluding hydrogens is 379 g/mol. The summed E-state index contributed by atoms with van der Waals surface area (Å²) in [7, 11) is 1.29. The molecule has 1 saturated heterocycles. The Hall–Kier alpha value is -3.75. The third-order valence-corrected chi connectivity index (χ3v) is 4.84. The van der Waals surface area contributed by atoms with Crippen LogP contribution in [0.1, 0.15) is 16.8 Å². The second kappa shape index (κ2) is 7.34. The predicted molar refractivity (Wildman–Crippen MR) is 103 cm³/mol. The van der Waals surface area contributed by atoms with Crippen molar-refractivity contribution in [2.45, 2.75) is 6.42 Å². The number of aromatic nitrogens is 2. The van der Waals surface area contributed by atoms with Crippen molar-refractivity contribution in [3.05, 3.63) is 53.8 Å². The van der Waals surface area contributed by atoms with Gasteiger partial charge in [-0.25, -0.2) is 9.18 Å². The third kappa shape index (κ3) is 3.42. The molecule has 1 fully saturated rings. The molecule has 0 saturated carbocycles. The molecule has 2 N–H and O–H groups in total. The van der Waals surface area contributed by atoms with Crippen LogP contribution in [-0.2, 0) is 14.3 Å². The average molecular weight is 396 g/mol. The Kier molecular flexibility index (Phi) is 4.71. The molecule has 1 aliphatic heterocycles. The van der Waals surface area contributed by atoms with Gasteiger partial charge in [0.2, 0.25) is 11.8 Å². The Balaban J connectivity index is 1.49. The van der Waals surface area contributed by atoms with Crippen LogP contribution in [0.4, 0.5) is 15.9 Å². The molecule has 148 valence electrons. The number of H-pyrrole nitrogens is 1. The number of fused-ring (bicyclic) bond motifs is 1. The molecule has 4 rings (SSSR count). The zero-order valence-electron chi connectivity index (χ0n) is 15.4. The van der Waals surface area contributed by atoms with Gasteiger partial charge >= 0.3 is 5.97 Å². The molecule has 0 radical (unpaired) electrons. The van der Waals surface area contributed by atoms with Crippen LogP contribution in [0, 0.1) is 11.7 Å². The summed E-state index contributed by atoms with van der Waals surface area (Å²) in [4.78, 5) is 37.9. The molecule has 29 heavy (non-hydrogen) atoms. The smallest absolute Gasteiger partial charge is 0.337 e. The molecule has 3 aromatic rings. The summed E-state index contributed by atoms with van der Waals surface area (Å²) >= 11 is 0. The number of nitrogens with zero attached hydrogens (tertiary/aromatic N) is 2. The zero-order valence-corrected chi connectivity index (χ0v) is 15.4. The lowest BCUT2D eigenvalue weighted by molar-refractivity contribution is -0.122. The molecular formula is C20H17FN4O4. The maximum absolute atomic E-state index is 14.2. The molecule has 1 atom stereocenters. The summed E-state index contributed by atoms with van der Waals surface area (Å²) in [6.45, 7) is 0.0964. The Morgan fingerprint density at radius 2 is 2.00 bits per heavy atom. The Labute approximate surface area is 164 Å². The number of benzene rings is 2. The fourth-order valence-electron chi connectivity index (χ4n) is 3.35. The van der Waals surface area contributed by atoms with Gasteiger partial charge in [0.05, 0.1) is 29.5 Å². The van der Waals surface area contributed by atoms with Gasteiger partial charge in [-0.2, -0.15) is 5.10 Å². The van der Waals surface area contributed by atoms with Gasteiger partial charge in [0.25, 0.3) is 0 Å². The normalized spacial score (nSPS) is 16.3. The number of halogens is 1. The summed E-state index contributed by atoms with van der Waals surface area (Å²) in [5.74, 6) is -2.03. The zero-order chi connectivity index (χ0) is 20.5. The lowest BCUT2D eigenvalue weighted by Gasteiger charge is -2.14. The standard InChI is InChI=1S/C20H17FN4O4/c1-29-20(28)11-5-7-13(8-6-11)22-19(27)12-9-16(26)25(10-12)18-17-14(21)3-2-4-15(17)23-24-18/h2-8,12H,9-10H2,1H3,(H,22,27)(H,23,24). The maximum Gasteiger partial charge on any atom is 0.337 e. The topological polar surface area (TPSA) is 104 Å². The summed E-state index contributed by atoms with van der Waals surface area (Å²) in [6.07, 6.45) is -0.00508. The first-order valence-corrected chi connectivity index (χ1v) is 8.90. The van der Waals surface area contributed by atoms with Crippen LogP contribution in [0.3, 0.4) is 0 Å². The SMILES string of the molecule is COC(=O)c1ccc(NC(=O)C2CC(=O)N(c3n[nH]c4cccc(F)c34)C2)cc1. The Morgan fingerprint density at radius 3 is 2.72 bits per heavy atom. The number of hydrogen-bond donors (Lipinski definition) is 2. The quantitative estimate of drug-likeness (QED) is 0.660. The van der Waals surface area contributed by atoms with Crippen molar-refractivity contribution in [1.29, 1.82) is 0 Å². The van der Waals surface area contributed by atoms with Crippen LogP contribution in [0.25, 0.3) is 10.9 Å². The summed E-state index contributed by atoms with van der Waals surface area (Å²) in [5, 5.41) is 9.73. The highest BCUT2D eigenvalue weighted by molar-refractivity contribution is 6.07. The number of carbonyl (C=O) groups excluding carboxylic acids is 3. The Morgan fingerprint density at radius 1 is 1.24 bits per heavy atom. The Bertz CT molecular complexity index is 1110. The molecule has 8 nitrogen and oxygen atoms in total. The molecule has 0 spiro atoms. The van der Waals surface area contributed by atoms with Crippen LogP contribution in [-0.4, -0.2) is 41.6 Å². The van der Waals surface area contributed by atoms with E-state index in [4.69, 9.17) is 0 Å². The van der Waals surface area contributed by atoms with Crippen molar-refractivity contribution in [2.75, 3.05) is 23.9 Å². The minimum atomic E-state index is -0.610. The molecule has 1 aliphatic rings. The number of anilines is 2. The average Bonchev–Trinajstić information content (AvgIpc) is 3.32. The number of ether oxygens (including phenoxy) is 1. The van der Waals surface area contributed by atoms with Gasteiger partial charge in [-0.05, 0) is 36.4 Å². The second-order valence-electron chi connectivity index (χ2n) is 6.67. The number of aromatic amines is 1. The highest BCUT2D eigenvalue weighted by Gasteiger charge is 2.37. The van der Waals surface area contributed by atoms with Crippen molar-refractivity contribution in [2.24, 2.45) is 5.92 Å². The number of methoxy groups -OCH3 is 1. The monoisotopic (exact) mass is 396 g/mol. The van der Waals surface area contributed by atoms with Gasteiger partial charge < -0.3 is 10.1 Å². The van der Waals surface area contributed by atoms with E-state index in [1.54, 1.807) is 24.3 Å². The predicted octanol–water partition coefficient (Wildman–Crippen LogP) is 2.48. The first-order chi connectivity index (χ1) is 14.0. The molecule has 2 aromatic carbocycles. The summed E-state index contributed by atoms with van der Waals surface area (Å²) in [5.41, 5.74) is 1.33. The van der Waals surface area contributed by atoms with Crippen LogP contribution in [0.15, 0.2) is 42.5 Å². The van der Waals surface area contributed by atoms with Crippen LogP contribution in [0.2, 0.25) is 0 Å². The van der Waals surface area contributed by atoms with E-state index in [0.717, 1.165) is 0 Å². The van der Waals surface area contributed by atoms with Crippen molar-refractivity contribution in [3.63, 3.8) is 0 Å². The number of nitrogens with one attached hydrogen (secondary N) is 2. The van der Waals surface area contributed by atoms with Crippen molar-refractivity contribution >= 4 is 40.2 Å². The fourth-order valence-corrected chi connectivity index (χ4v) is 3.35. The van der Waals surface area contributed by atoms with E-state index < -0.39 is 17.7 Å². The molecule has 1 aromatic heterocycles. The number of rotatable bonds is 4. The minimum absolute atomic E-state index is 0.00508. The van der Waals surface area contributed by atoms with E-state index in [-0.39, 0.29) is 36.0 Å². The highest BCUT2D eigenvalue weighted by atomic mass is 19.1. The van der Waals surface area contributed by atoms with E-state index >= 15 is 0 Å². The fraction of sp³-hybridized carbons (Fsp3) is 0.200. The van der Waals surface area contributed by atoms with Gasteiger partial charge in [0.1, 0.15) is 5.82 Å². The highest BCUT2D eigenvalue weighted by Crippen LogP contribution is 2.31. The van der Waals surface area contributed by atoms with Gasteiger partial charge in [-0.15, -0.1) is 0 Å². The number of esters is 1. The van der Waals surface area contributed by atoms with E-state index in [1.165, 1.54) is 30.2 Å². The molecule has 2 heterocycles. The molecule has 0 bridgehead atoms. The number of hydrogen-bond acceptors (Lipinski definition) is 5. The number of amides is 2. The maximum atomic E-state index is 14.2.